The van der Waals surface area contributed by atoms with Gasteiger partial charge in [-0.25, -0.2) is 0 Å². The maximum absolute atomic E-state index is 8.73. The minimum absolute atomic E-state index is 0.109. The third kappa shape index (κ3) is 3.79. The van der Waals surface area contributed by atoms with Crippen LogP contribution in [-0.2, 0) is 0 Å². The van der Waals surface area contributed by atoms with Gasteiger partial charge in [-0.15, -0.1) is 6.58 Å². The molecule has 0 aromatic rings. The molecule has 0 saturated carbocycles. The van der Waals surface area contributed by atoms with Crippen LogP contribution >= 0.6 is 0 Å². The summed E-state index contributed by atoms with van der Waals surface area (Å²) >= 11 is 0. The lowest BCUT2D eigenvalue weighted by atomic mass is 10.00. The van der Waals surface area contributed by atoms with E-state index in [4.69, 9.17) is 5.11 Å². The molecular formula is C10H16O. The maximum atomic E-state index is 8.73. The summed E-state index contributed by atoms with van der Waals surface area (Å²) in [6.07, 6.45) is 3.79. The Morgan fingerprint density at radius 2 is 2.09 bits per heavy atom. The van der Waals surface area contributed by atoms with Crippen molar-refractivity contribution in [2.45, 2.75) is 13.8 Å². The van der Waals surface area contributed by atoms with Gasteiger partial charge in [-0.2, -0.15) is 0 Å². The van der Waals surface area contributed by atoms with Gasteiger partial charge in [-0.3, -0.25) is 0 Å². The Morgan fingerprint density at radius 3 is 2.36 bits per heavy atom. The molecule has 0 aliphatic rings. The van der Waals surface area contributed by atoms with Crippen LogP contribution in [0.15, 0.2) is 36.5 Å². The highest BCUT2D eigenvalue weighted by Gasteiger charge is 1.99. The summed E-state index contributed by atoms with van der Waals surface area (Å²) in [6, 6.07) is 0. The summed E-state index contributed by atoms with van der Waals surface area (Å²) in [4.78, 5) is 0. The molecule has 62 valence electrons. The Bertz CT molecular complexity index is 177. The Morgan fingerprint density at radius 1 is 1.55 bits per heavy atom. The van der Waals surface area contributed by atoms with Crippen molar-refractivity contribution in [1.82, 2.24) is 0 Å². The Labute approximate surface area is 68.7 Å². The molecule has 0 radical (unpaired) electrons. The Balaban J connectivity index is 4.29. The highest BCUT2D eigenvalue weighted by molar-refractivity contribution is 5.17. The largest absolute Gasteiger partial charge is 0.392 e. The van der Waals surface area contributed by atoms with Gasteiger partial charge >= 0.3 is 0 Å². The second-order valence-electron chi connectivity index (χ2n) is 2.78. The fraction of sp³-hybridized carbons (Fsp3) is 0.400. The maximum Gasteiger partial charge on any atom is 0.0639 e. The first-order valence-corrected chi connectivity index (χ1v) is 3.68. The monoisotopic (exact) mass is 152 g/mol. The van der Waals surface area contributed by atoms with E-state index >= 15 is 0 Å². The molecule has 0 aliphatic heterocycles. The lowest BCUT2D eigenvalue weighted by Gasteiger charge is -2.07. The summed E-state index contributed by atoms with van der Waals surface area (Å²) in [6.45, 7) is 11.4. The number of allylic oxidation sites excluding steroid dienone is 3. The molecule has 0 amide bonds. The van der Waals surface area contributed by atoms with Crippen LogP contribution in [0.2, 0.25) is 0 Å². The van der Waals surface area contributed by atoms with E-state index in [-0.39, 0.29) is 12.5 Å². The van der Waals surface area contributed by atoms with E-state index in [2.05, 4.69) is 13.2 Å². The van der Waals surface area contributed by atoms with E-state index in [1.165, 1.54) is 0 Å². The zero-order chi connectivity index (χ0) is 8.85. The van der Waals surface area contributed by atoms with Crippen molar-refractivity contribution in [3.8, 4) is 0 Å². The van der Waals surface area contributed by atoms with E-state index in [1.54, 1.807) is 0 Å². The number of hydrogen-bond donors (Lipinski definition) is 1. The minimum Gasteiger partial charge on any atom is -0.392 e. The molecule has 0 heterocycles. The highest BCUT2D eigenvalue weighted by atomic mass is 16.3. The van der Waals surface area contributed by atoms with Gasteiger partial charge in [0.25, 0.3) is 0 Å². The summed E-state index contributed by atoms with van der Waals surface area (Å²) < 4.78 is 0. The van der Waals surface area contributed by atoms with E-state index in [9.17, 15) is 0 Å². The van der Waals surface area contributed by atoms with Crippen LogP contribution in [0.25, 0.3) is 0 Å². The molecule has 0 rings (SSSR count). The van der Waals surface area contributed by atoms with Gasteiger partial charge in [-0.05, 0) is 13.8 Å². The zero-order valence-corrected chi connectivity index (χ0v) is 7.30. The van der Waals surface area contributed by atoms with E-state index < -0.39 is 0 Å². The number of aliphatic hydroxyl groups is 1. The van der Waals surface area contributed by atoms with Crippen LogP contribution in [0.3, 0.4) is 0 Å². The third-order valence-electron chi connectivity index (χ3n) is 1.54. The minimum atomic E-state index is 0.109. The topological polar surface area (TPSA) is 20.2 Å². The van der Waals surface area contributed by atoms with E-state index in [0.717, 1.165) is 11.1 Å². The molecule has 0 aromatic carbocycles. The molecule has 0 aliphatic carbocycles. The standard InChI is InChI=1S/C10H16O/c1-5-10(8(2)3)6-9(4)7-11/h5-6,10-11H,1-2,7H2,3-4H3. The summed E-state index contributed by atoms with van der Waals surface area (Å²) in [5.41, 5.74) is 2.01. The van der Waals surface area contributed by atoms with Crippen LogP contribution < -0.4 is 0 Å². The first-order chi connectivity index (χ1) is 5.11. The second kappa shape index (κ2) is 4.91. The number of hydrogen-bond acceptors (Lipinski definition) is 1. The molecule has 1 N–H and O–H groups in total. The SMILES string of the molecule is C=CC(C=C(C)CO)C(=C)C. The van der Waals surface area contributed by atoms with Crippen LogP contribution in [0.4, 0.5) is 0 Å². The van der Waals surface area contributed by atoms with Crippen molar-refractivity contribution in [2.24, 2.45) is 5.92 Å². The van der Waals surface area contributed by atoms with Crippen LogP contribution in [-0.4, -0.2) is 11.7 Å². The summed E-state index contributed by atoms with van der Waals surface area (Å²) in [7, 11) is 0. The first-order valence-electron chi connectivity index (χ1n) is 3.68. The van der Waals surface area contributed by atoms with Crippen LogP contribution in [0.1, 0.15) is 13.8 Å². The van der Waals surface area contributed by atoms with Crippen molar-refractivity contribution in [1.29, 1.82) is 0 Å². The summed E-state index contributed by atoms with van der Waals surface area (Å²) in [5.74, 6) is 0.196. The normalized spacial score (nSPS) is 14.3. The Hall–Kier alpha value is -0.820. The third-order valence-corrected chi connectivity index (χ3v) is 1.54. The predicted octanol–water partition coefficient (Wildman–Crippen LogP) is 2.30. The van der Waals surface area contributed by atoms with E-state index in [1.807, 2.05) is 26.0 Å². The number of rotatable bonds is 4. The van der Waals surface area contributed by atoms with Gasteiger partial charge in [0, 0.05) is 5.92 Å². The molecule has 11 heavy (non-hydrogen) atoms. The van der Waals surface area contributed by atoms with Gasteiger partial charge in [0.05, 0.1) is 6.61 Å². The lowest BCUT2D eigenvalue weighted by Crippen LogP contribution is -1.95. The fourth-order valence-corrected chi connectivity index (χ4v) is 0.771. The van der Waals surface area contributed by atoms with E-state index in [0.29, 0.717) is 0 Å². The predicted molar refractivity (Wildman–Crippen MR) is 49.3 cm³/mol. The molecular weight excluding hydrogens is 136 g/mol. The molecule has 1 unspecified atom stereocenters. The fourth-order valence-electron chi connectivity index (χ4n) is 0.771. The van der Waals surface area contributed by atoms with Crippen molar-refractivity contribution < 1.29 is 5.11 Å². The molecule has 1 atom stereocenters. The van der Waals surface area contributed by atoms with Gasteiger partial charge in [0.1, 0.15) is 0 Å². The van der Waals surface area contributed by atoms with Gasteiger partial charge < -0.3 is 5.11 Å². The first kappa shape index (κ1) is 10.2. The Kier molecular flexibility index (Phi) is 4.55. The van der Waals surface area contributed by atoms with Gasteiger partial charge in [0.15, 0.2) is 0 Å². The molecule has 0 spiro atoms. The van der Waals surface area contributed by atoms with Crippen molar-refractivity contribution in [3.05, 3.63) is 36.5 Å². The molecule has 0 aromatic heterocycles. The average Bonchev–Trinajstić information content (AvgIpc) is 1.99. The molecule has 0 fully saturated rings. The van der Waals surface area contributed by atoms with Crippen molar-refractivity contribution >= 4 is 0 Å². The van der Waals surface area contributed by atoms with Crippen LogP contribution in [0.5, 0.6) is 0 Å². The number of aliphatic hydroxyl groups excluding tert-OH is 1. The highest BCUT2D eigenvalue weighted by Crippen LogP contribution is 2.12. The smallest absolute Gasteiger partial charge is 0.0639 e. The quantitative estimate of drug-likeness (QED) is 0.613. The van der Waals surface area contributed by atoms with Crippen LogP contribution in [0, 0.1) is 5.92 Å². The summed E-state index contributed by atoms with van der Waals surface area (Å²) in [5, 5.41) is 8.73. The second-order valence-corrected chi connectivity index (χ2v) is 2.78. The molecule has 0 saturated heterocycles. The van der Waals surface area contributed by atoms with Gasteiger partial charge in [0.2, 0.25) is 0 Å². The van der Waals surface area contributed by atoms with Gasteiger partial charge in [-0.1, -0.05) is 29.9 Å². The van der Waals surface area contributed by atoms with Crippen molar-refractivity contribution in [3.63, 3.8) is 0 Å². The molecule has 0 bridgehead atoms. The molecule has 1 nitrogen and oxygen atoms in total. The lowest BCUT2D eigenvalue weighted by molar-refractivity contribution is 0.330. The average molecular weight is 152 g/mol. The van der Waals surface area contributed by atoms with Crippen molar-refractivity contribution in [2.75, 3.05) is 6.61 Å². The zero-order valence-electron chi connectivity index (χ0n) is 7.30. The molecule has 1 heteroatoms.